The molecule has 1 heterocycles. The van der Waals surface area contributed by atoms with Crippen LogP contribution < -0.4 is 19.6 Å². The molecule has 1 aromatic heterocycles. The number of hydrogen-bond acceptors (Lipinski definition) is 5. The van der Waals surface area contributed by atoms with Gasteiger partial charge in [-0.25, -0.2) is 4.73 Å². The Balaban J connectivity index is 2.20. The van der Waals surface area contributed by atoms with Crippen molar-refractivity contribution in [3.63, 3.8) is 0 Å². The Morgan fingerprint density at radius 2 is 2.00 bits per heavy atom. The summed E-state index contributed by atoms with van der Waals surface area (Å²) in [5, 5.41) is 30.8. The zero-order valence-corrected chi connectivity index (χ0v) is 12.3. The highest BCUT2D eigenvalue weighted by Gasteiger charge is 2.20. The Kier molecular flexibility index (Phi) is 4.97. The molecular weight excluding hydrogens is 272 g/mol. The molecule has 2 rings (SSSR count). The van der Waals surface area contributed by atoms with Gasteiger partial charge in [-0.2, -0.15) is 0 Å². The number of methoxy groups -OCH3 is 1. The van der Waals surface area contributed by atoms with Gasteiger partial charge in [-0.05, 0) is 18.6 Å². The smallest absolute Gasteiger partial charge is 0.460 e. The van der Waals surface area contributed by atoms with Crippen LogP contribution in [0, 0.1) is 10.4 Å². The average molecular weight is 292 g/mol. The number of unbranched alkanes of at least 4 members (excludes halogenated alkanes) is 3. The third-order valence-corrected chi connectivity index (χ3v) is 3.30. The van der Waals surface area contributed by atoms with E-state index in [0.29, 0.717) is 21.9 Å². The summed E-state index contributed by atoms with van der Waals surface area (Å²) in [6, 6.07) is 4.69. The van der Waals surface area contributed by atoms with E-state index in [2.05, 4.69) is 17.3 Å². The largest absolute Gasteiger partial charge is 0.739 e. The van der Waals surface area contributed by atoms with E-state index < -0.39 is 0 Å². The van der Waals surface area contributed by atoms with Gasteiger partial charge in [0.25, 0.3) is 0 Å². The SMILES string of the molecule is CCCCCCNc1n[n+]([O-])c2cc(OC)ccc2[n+]1[O-]. The second-order valence-electron chi connectivity index (χ2n) is 4.83. The van der Waals surface area contributed by atoms with E-state index in [1.807, 2.05) is 0 Å². The molecule has 0 fully saturated rings. The van der Waals surface area contributed by atoms with Crippen molar-refractivity contribution in [3.05, 3.63) is 28.6 Å². The number of benzene rings is 1. The molecule has 0 bridgehead atoms. The van der Waals surface area contributed by atoms with Gasteiger partial charge in [0.05, 0.1) is 19.7 Å². The van der Waals surface area contributed by atoms with E-state index in [-0.39, 0.29) is 17.0 Å². The molecule has 7 nitrogen and oxygen atoms in total. The first-order valence-electron chi connectivity index (χ1n) is 7.12. The molecule has 0 unspecified atom stereocenters. The van der Waals surface area contributed by atoms with Gasteiger partial charge < -0.3 is 15.2 Å². The predicted molar refractivity (Wildman–Crippen MR) is 78.8 cm³/mol. The lowest BCUT2D eigenvalue weighted by Gasteiger charge is -2.10. The Morgan fingerprint density at radius 3 is 2.71 bits per heavy atom. The fourth-order valence-electron chi connectivity index (χ4n) is 2.11. The van der Waals surface area contributed by atoms with Gasteiger partial charge in [0, 0.05) is 4.85 Å². The van der Waals surface area contributed by atoms with Gasteiger partial charge in [-0.1, -0.05) is 26.2 Å². The quantitative estimate of drug-likeness (QED) is 0.474. The van der Waals surface area contributed by atoms with Crippen molar-refractivity contribution in [2.45, 2.75) is 32.6 Å². The normalized spacial score (nSPS) is 10.8. The van der Waals surface area contributed by atoms with E-state index in [0.717, 1.165) is 25.7 Å². The Morgan fingerprint density at radius 1 is 1.19 bits per heavy atom. The Hall–Kier alpha value is -2.31. The topological polar surface area (TPSA) is 88.0 Å². The fraction of sp³-hybridized carbons (Fsp3) is 0.500. The maximum absolute atomic E-state index is 12.2. The lowest BCUT2D eigenvalue weighted by Crippen LogP contribution is -2.44. The summed E-state index contributed by atoms with van der Waals surface area (Å²) in [7, 11) is 1.50. The van der Waals surface area contributed by atoms with Crippen LogP contribution in [0.5, 0.6) is 5.75 Å². The number of nitrogens with zero attached hydrogens (tertiary/aromatic N) is 3. The number of fused-ring (bicyclic) bond motifs is 1. The van der Waals surface area contributed by atoms with Crippen LogP contribution in [0.3, 0.4) is 0 Å². The molecule has 2 aromatic rings. The van der Waals surface area contributed by atoms with Gasteiger partial charge >= 0.3 is 11.5 Å². The minimum atomic E-state index is 0.0270. The predicted octanol–water partition coefficient (Wildman–Crippen LogP) is 1.50. The number of anilines is 1. The van der Waals surface area contributed by atoms with Gasteiger partial charge in [-0.15, -0.1) is 0 Å². The summed E-state index contributed by atoms with van der Waals surface area (Å²) in [6.45, 7) is 2.76. The average Bonchev–Trinajstić information content (AvgIpc) is 2.51. The molecule has 0 atom stereocenters. The summed E-state index contributed by atoms with van der Waals surface area (Å²) in [6.07, 6.45) is 4.34. The van der Waals surface area contributed by atoms with Crippen molar-refractivity contribution >= 4 is 17.0 Å². The van der Waals surface area contributed by atoms with Crippen molar-refractivity contribution in [1.29, 1.82) is 0 Å². The molecular formula is C14H20N4O3. The van der Waals surface area contributed by atoms with Gasteiger partial charge in [0.1, 0.15) is 5.75 Å². The van der Waals surface area contributed by atoms with Crippen molar-refractivity contribution in [2.75, 3.05) is 19.0 Å². The van der Waals surface area contributed by atoms with Crippen LogP contribution in [0.2, 0.25) is 0 Å². The number of rotatable bonds is 7. The third kappa shape index (κ3) is 3.42. The van der Waals surface area contributed by atoms with Crippen LogP contribution in [-0.2, 0) is 0 Å². The number of aromatic nitrogens is 3. The van der Waals surface area contributed by atoms with Crippen LogP contribution >= 0.6 is 0 Å². The van der Waals surface area contributed by atoms with E-state index in [1.165, 1.54) is 13.2 Å². The van der Waals surface area contributed by atoms with Crippen LogP contribution in [0.1, 0.15) is 32.6 Å². The summed E-state index contributed by atoms with van der Waals surface area (Å²) < 4.78 is 5.68. The van der Waals surface area contributed by atoms with Crippen molar-refractivity contribution in [1.82, 2.24) is 5.10 Å². The highest BCUT2D eigenvalue weighted by Crippen LogP contribution is 2.15. The van der Waals surface area contributed by atoms with Crippen LogP contribution in [-0.4, -0.2) is 18.8 Å². The molecule has 0 saturated heterocycles. The lowest BCUT2D eigenvalue weighted by atomic mass is 10.2. The van der Waals surface area contributed by atoms with Crippen molar-refractivity contribution < 1.29 is 14.3 Å². The molecule has 0 amide bonds. The highest BCUT2D eigenvalue weighted by molar-refractivity contribution is 5.70. The Labute approximate surface area is 123 Å². The Bertz CT molecular complexity index is 619. The van der Waals surface area contributed by atoms with Gasteiger partial charge in [0.2, 0.25) is 5.10 Å². The molecule has 1 aromatic carbocycles. The van der Waals surface area contributed by atoms with Crippen molar-refractivity contribution in [2.24, 2.45) is 0 Å². The third-order valence-electron chi connectivity index (χ3n) is 3.30. The lowest BCUT2D eigenvalue weighted by molar-refractivity contribution is -0.672. The fourth-order valence-corrected chi connectivity index (χ4v) is 2.11. The van der Waals surface area contributed by atoms with E-state index in [1.54, 1.807) is 12.1 Å². The molecule has 21 heavy (non-hydrogen) atoms. The highest BCUT2D eigenvalue weighted by atomic mass is 16.5. The minimum Gasteiger partial charge on any atom is -0.739 e. The van der Waals surface area contributed by atoms with Crippen LogP contribution in [0.25, 0.3) is 11.0 Å². The maximum atomic E-state index is 12.2. The van der Waals surface area contributed by atoms with Crippen LogP contribution in [0.15, 0.2) is 18.2 Å². The van der Waals surface area contributed by atoms with Gasteiger partial charge in [0.15, 0.2) is 5.52 Å². The number of ether oxygens (including phenoxy) is 1. The molecule has 0 radical (unpaired) electrons. The second-order valence-corrected chi connectivity index (χ2v) is 4.83. The minimum absolute atomic E-state index is 0.0270. The molecule has 1 N–H and O–H groups in total. The van der Waals surface area contributed by atoms with Crippen LogP contribution in [0.4, 0.5) is 5.95 Å². The summed E-state index contributed by atoms with van der Waals surface area (Å²) in [5.41, 5.74) is 0.442. The molecule has 0 saturated carbocycles. The molecule has 7 heteroatoms. The second kappa shape index (κ2) is 6.92. The molecule has 0 aliphatic carbocycles. The van der Waals surface area contributed by atoms with Crippen molar-refractivity contribution in [3.8, 4) is 5.75 Å². The van der Waals surface area contributed by atoms with Gasteiger partial charge in [-0.3, -0.25) is 5.32 Å². The first-order valence-corrected chi connectivity index (χ1v) is 7.12. The van der Waals surface area contributed by atoms with E-state index in [9.17, 15) is 10.4 Å². The summed E-state index contributed by atoms with van der Waals surface area (Å²) >= 11 is 0. The maximum Gasteiger partial charge on any atom is 0.460 e. The molecule has 0 spiro atoms. The molecule has 114 valence electrons. The summed E-state index contributed by atoms with van der Waals surface area (Å²) in [5.74, 6) is 0.536. The van der Waals surface area contributed by atoms with E-state index in [4.69, 9.17) is 4.74 Å². The zero-order chi connectivity index (χ0) is 15.2. The first-order chi connectivity index (χ1) is 10.2. The number of hydrogen-bond donors (Lipinski definition) is 1. The first kappa shape index (κ1) is 15.1. The van der Waals surface area contributed by atoms with E-state index >= 15 is 0 Å². The summed E-state index contributed by atoms with van der Waals surface area (Å²) in [4.78, 5) is 0.445. The molecule has 0 aliphatic rings. The monoisotopic (exact) mass is 292 g/mol. The zero-order valence-electron chi connectivity index (χ0n) is 12.3. The molecule has 0 aliphatic heterocycles. The number of nitrogens with one attached hydrogen (secondary N) is 1. The standard InChI is InChI=1S/C14H20N4O3/c1-3-4-5-6-9-15-14-16-18(20)13-10-11(21-2)7-8-12(13)17(14)19/h7-8,10H,3-6,9H2,1-2H3,(H,15,16).